The number of imidazole rings is 1. The van der Waals surface area contributed by atoms with Crippen molar-refractivity contribution in [3.05, 3.63) is 96.1 Å². The molecule has 0 bridgehead atoms. The maximum atomic E-state index is 12.6. The molecule has 4 rings (SSSR count). The second kappa shape index (κ2) is 9.11. The third-order valence-electron chi connectivity index (χ3n) is 4.69. The van der Waals surface area contributed by atoms with Crippen molar-refractivity contribution >= 4 is 27.0 Å². The van der Waals surface area contributed by atoms with Gasteiger partial charge in [-0.15, -0.1) is 0 Å². The molecule has 3 aromatic carbocycles. The van der Waals surface area contributed by atoms with E-state index >= 15 is 0 Å². The molecule has 0 saturated heterocycles. The number of fused-ring (bicyclic) bond motifs is 1. The fraction of sp³-hybridized carbons (Fsp3) is 0.174. The molecule has 4 aromatic rings. The Balaban J connectivity index is 1.47. The fourth-order valence-electron chi connectivity index (χ4n) is 3.20. The lowest BCUT2D eigenvalue weighted by molar-refractivity contribution is 0.135. The van der Waals surface area contributed by atoms with Crippen LogP contribution in [0.1, 0.15) is 11.1 Å². The molecule has 0 aliphatic rings. The third kappa shape index (κ3) is 5.06. The predicted octanol–water partition coefficient (Wildman–Crippen LogP) is 4.04. The number of anilines is 1. The van der Waals surface area contributed by atoms with Gasteiger partial charge in [0.15, 0.2) is 0 Å². The van der Waals surface area contributed by atoms with Gasteiger partial charge >= 0.3 is 0 Å². The topological polar surface area (TPSA) is 73.2 Å². The first kappa shape index (κ1) is 20.1. The predicted molar refractivity (Wildman–Crippen MR) is 119 cm³/mol. The van der Waals surface area contributed by atoms with Crippen LogP contribution in [0.3, 0.4) is 0 Å². The molecule has 6 nitrogen and oxygen atoms in total. The first-order valence-corrected chi connectivity index (χ1v) is 11.4. The summed E-state index contributed by atoms with van der Waals surface area (Å²) in [4.78, 5) is 4.50. The number of nitrogens with one attached hydrogen (secondary N) is 1. The van der Waals surface area contributed by atoms with Crippen LogP contribution < -0.4 is 4.72 Å². The standard InChI is InChI=1S/C23H23N3O3S/c27-30(28,16-15-29-18-20-11-5-2-6-12-20)25-23-24-21-13-7-8-14-22(21)26(23)17-19-9-3-1-4-10-19/h1-14H,15-18H2,(H,24,25). The lowest BCUT2D eigenvalue weighted by Gasteiger charge is -2.12. The summed E-state index contributed by atoms with van der Waals surface area (Å²) in [6.45, 7) is 0.996. The zero-order valence-corrected chi connectivity index (χ0v) is 17.3. The minimum absolute atomic E-state index is 0.100. The SMILES string of the molecule is O=S(=O)(CCOCc1ccccc1)Nc1nc2ccccc2n1Cc1ccccc1. The largest absolute Gasteiger partial charge is 0.376 e. The fourth-order valence-corrected chi connectivity index (χ4v) is 4.08. The number of ether oxygens (including phenoxy) is 1. The Morgan fingerprint density at radius 2 is 1.47 bits per heavy atom. The normalized spacial score (nSPS) is 11.6. The van der Waals surface area contributed by atoms with Gasteiger partial charge < -0.3 is 9.30 Å². The van der Waals surface area contributed by atoms with Gasteiger partial charge in [0.2, 0.25) is 16.0 Å². The third-order valence-corrected chi connectivity index (χ3v) is 5.89. The van der Waals surface area contributed by atoms with Crippen molar-refractivity contribution in [2.24, 2.45) is 0 Å². The number of nitrogens with zero attached hydrogens (tertiary/aromatic N) is 2. The summed E-state index contributed by atoms with van der Waals surface area (Å²) in [5, 5.41) is 0. The molecule has 0 atom stereocenters. The molecule has 0 spiro atoms. The minimum Gasteiger partial charge on any atom is -0.376 e. The Morgan fingerprint density at radius 3 is 2.20 bits per heavy atom. The molecule has 0 amide bonds. The molecule has 0 unspecified atom stereocenters. The highest BCUT2D eigenvalue weighted by molar-refractivity contribution is 7.92. The molecular formula is C23H23N3O3S. The summed E-state index contributed by atoms with van der Waals surface area (Å²) >= 11 is 0. The van der Waals surface area contributed by atoms with Gasteiger partial charge in [-0.1, -0.05) is 72.8 Å². The molecule has 0 saturated carbocycles. The van der Waals surface area contributed by atoms with Crippen LogP contribution in [0.25, 0.3) is 11.0 Å². The molecule has 1 aromatic heterocycles. The Hall–Kier alpha value is -3.16. The van der Waals surface area contributed by atoms with Crippen LogP contribution in [0.2, 0.25) is 0 Å². The average Bonchev–Trinajstić information content (AvgIpc) is 3.09. The van der Waals surface area contributed by atoms with Crippen molar-refractivity contribution in [3.63, 3.8) is 0 Å². The van der Waals surface area contributed by atoms with Gasteiger partial charge in [-0.25, -0.2) is 13.4 Å². The maximum Gasteiger partial charge on any atom is 0.237 e. The monoisotopic (exact) mass is 421 g/mol. The van der Waals surface area contributed by atoms with Crippen molar-refractivity contribution in [2.75, 3.05) is 17.1 Å². The maximum absolute atomic E-state index is 12.6. The summed E-state index contributed by atoms with van der Waals surface area (Å²) in [7, 11) is -3.61. The van der Waals surface area contributed by atoms with E-state index < -0.39 is 10.0 Å². The molecular weight excluding hydrogens is 398 g/mol. The zero-order valence-electron chi connectivity index (χ0n) is 16.4. The molecule has 0 radical (unpaired) electrons. The van der Waals surface area contributed by atoms with Gasteiger partial charge in [0, 0.05) is 0 Å². The van der Waals surface area contributed by atoms with Crippen molar-refractivity contribution in [1.29, 1.82) is 0 Å². The van der Waals surface area contributed by atoms with Gasteiger partial charge in [-0.05, 0) is 23.3 Å². The summed E-state index contributed by atoms with van der Waals surface area (Å²) in [5.74, 6) is 0.164. The smallest absolute Gasteiger partial charge is 0.237 e. The van der Waals surface area contributed by atoms with E-state index in [2.05, 4.69) is 9.71 Å². The molecule has 7 heteroatoms. The molecule has 30 heavy (non-hydrogen) atoms. The first-order valence-electron chi connectivity index (χ1n) is 9.72. The molecule has 1 heterocycles. The van der Waals surface area contributed by atoms with Crippen molar-refractivity contribution < 1.29 is 13.2 Å². The molecule has 0 fully saturated rings. The van der Waals surface area contributed by atoms with Crippen LogP contribution in [0.15, 0.2) is 84.9 Å². The van der Waals surface area contributed by atoms with E-state index in [1.807, 2.05) is 89.5 Å². The minimum atomic E-state index is -3.61. The molecule has 0 aliphatic carbocycles. The number of benzene rings is 3. The van der Waals surface area contributed by atoms with Gasteiger partial charge in [0.25, 0.3) is 0 Å². The Bertz CT molecular complexity index is 1210. The number of sulfonamides is 1. The van der Waals surface area contributed by atoms with E-state index in [0.29, 0.717) is 19.1 Å². The van der Waals surface area contributed by atoms with Crippen LogP contribution in [0.5, 0.6) is 0 Å². The molecule has 0 aliphatic heterocycles. The lowest BCUT2D eigenvalue weighted by Crippen LogP contribution is -2.22. The first-order chi connectivity index (χ1) is 14.6. The quantitative estimate of drug-likeness (QED) is 0.414. The molecule has 154 valence electrons. The number of para-hydroxylation sites is 2. The van der Waals surface area contributed by atoms with Crippen molar-refractivity contribution in [1.82, 2.24) is 9.55 Å². The second-order valence-electron chi connectivity index (χ2n) is 6.95. The van der Waals surface area contributed by atoms with Gasteiger partial charge in [0.1, 0.15) is 0 Å². The van der Waals surface area contributed by atoms with Crippen LogP contribution in [0, 0.1) is 0 Å². The second-order valence-corrected chi connectivity index (χ2v) is 8.80. The highest BCUT2D eigenvalue weighted by Crippen LogP contribution is 2.22. The highest BCUT2D eigenvalue weighted by atomic mass is 32.2. The van der Waals surface area contributed by atoms with E-state index in [9.17, 15) is 8.42 Å². The summed E-state index contributed by atoms with van der Waals surface area (Å²) in [6.07, 6.45) is 0. The Labute approximate surface area is 176 Å². The summed E-state index contributed by atoms with van der Waals surface area (Å²) in [6, 6.07) is 27.2. The number of hydrogen-bond acceptors (Lipinski definition) is 4. The Kier molecular flexibility index (Phi) is 6.11. The average molecular weight is 422 g/mol. The van der Waals surface area contributed by atoms with Crippen molar-refractivity contribution in [3.8, 4) is 0 Å². The van der Waals surface area contributed by atoms with Gasteiger partial charge in [-0.2, -0.15) is 0 Å². The summed E-state index contributed by atoms with van der Waals surface area (Å²) < 4.78 is 35.3. The van der Waals surface area contributed by atoms with Crippen LogP contribution in [-0.4, -0.2) is 30.3 Å². The summed E-state index contributed by atoms with van der Waals surface area (Å²) in [5.41, 5.74) is 3.69. The van der Waals surface area contributed by atoms with Gasteiger partial charge in [0.05, 0.1) is 36.5 Å². The van der Waals surface area contributed by atoms with Crippen LogP contribution in [-0.2, 0) is 27.9 Å². The van der Waals surface area contributed by atoms with Crippen molar-refractivity contribution in [2.45, 2.75) is 13.2 Å². The molecule has 1 N–H and O–H groups in total. The highest BCUT2D eigenvalue weighted by Gasteiger charge is 2.17. The number of aromatic nitrogens is 2. The van der Waals surface area contributed by atoms with Gasteiger partial charge in [-0.3, -0.25) is 4.72 Å². The zero-order chi connectivity index (χ0) is 20.8. The van der Waals surface area contributed by atoms with E-state index in [-0.39, 0.29) is 12.4 Å². The lowest BCUT2D eigenvalue weighted by atomic mass is 10.2. The number of hydrogen-bond donors (Lipinski definition) is 1. The van der Waals surface area contributed by atoms with E-state index in [1.165, 1.54) is 0 Å². The van der Waals surface area contributed by atoms with Crippen LogP contribution >= 0.6 is 0 Å². The van der Waals surface area contributed by atoms with E-state index in [4.69, 9.17) is 4.74 Å². The van der Waals surface area contributed by atoms with Crippen LogP contribution in [0.4, 0.5) is 5.95 Å². The number of rotatable bonds is 9. The Morgan fingerprint density at radius 1 is 0.833 bits per heavy atom. The van der Waals surface area contributed by atoms with E-state index in [1.54, 1.807) is 0 Å². The van der Waals surface area contributed by atoms with E-state index in [0.717, 1.165) is 22.2 Å².